The van der Waals surface area contributed by atoms with Crippen LogP contribution in [0.4, 0.5) is 5.13 Å². The Morgan fingerprint density at radius 2 is 2.18 bits per heavy atom. The predicted octanol–water partition coefficient (Wildman–Crippen LogP) is 1.82. The third-order valence-electron chi connectivity index (χ3n) is 3.67. The molecular formula is C11H18N4OS. The van der Waals surface area contributed by atoms with E-state index in [4.69, 9.17) is 5.73 Å². The maximum Gasteiger partial charge on any atom is 0.282 e. The summed E-state index contributed by atoms with van der Waals surface area (Å²) in [6.45, 7) is 2.93. The average Bonchev–Trinajstić information content (AvgIpc) is 2.95. The number of rotatable bonds is 4. The molecule has 1 aromatic heterocycles. The lowest BCUT2D eigenvalue weighted by molar-refractivity contribution is 0.0927. The highest BCUT2D eigenvalue weighted by molar-refractivity contribution is 7.16. The molecule has 1 amide bonds. The lowest BCUT2D eigenvalue weighted by atomic mass is 9.83. The molecule has 0 atom stereocenters. The summed E-state index contributed by atoms with van der Waals surface area (Å²) in [7, 11) is 0. The molecule has 6 heteroatoms. The second-order valence-electron chi connectivity index (χ2n) is 4.69. The summed E-state index contributed by atoms with van der Waals surface area (Å²) < 4.78 is 0. The van der Waals surface area contributed by atoms with Crippen LogP contribution in [0, 0.1) is 5.41 Å². The zero-order valence-electron chi connectivity index (χ0n) is 10.0. The fourth-order valence-corrected chi connectivity index (χ4v) is 2.98. The van der Waals surface area contributed by atoms with Crippen LogP contribution in [-0.2, 0) is 0 Å². The van der Waals surface area contributed by atoms with E-state index in [-0.39, 0.29) is 5.91 Å². The summed E-state index contributed by atoms with van der Waals surface area (Å²) in [4.78, 5) is 11.8. The van der Waals surface area contributed by atoms with Crippen LogP contribution in [0.3, 0.4) is 0 Å². The molecule has 1 heterocycles. The summed E-state index contributed by atoms with van der Waals surface area (Å²) in [6.07, 6.45) is 6.08. The van der Waals surface area contributed by atoms with Crippen molar-refractivity contribution in [1.82, 2.24) is 15.5 Å². The van der Waals surface area contributed by atoms with Crippen LogP contribution in [0.15, 0.2) is 0 Å². The Kier molecular flexibility index (Phi) is 3.61. The number of carbonyl (C=O) groups is 1. The highest BCUT2D eigenvalue weighted by Crippen LogP contribution is 2.40. The zero-order chi connectivity index (χ0) is 12.3. The van der Waals surface area contributed by atoms with E-state index in [1.807, 2.05) is 0 Å². The largest absolute Gasteiger partial charge is 0.374 e. The van der Waals surface area contributed by atoms with E-state index in [9.17, 15) is 4.79 Å². The Labute approximate surface area is 105 Å². The van der Waals surface area contributed by atoms with Crippen LogP contribution in [0.2, 0.25) is 0 Å². The van der Waals surface area contributed by atoms with E-state index in [1.165, 1.54) is 25.7 Å². The summed E-state index contributed by atoms with van der Waals surface area (Å²) in [5, 5.41) is 11.0. The van der Waals surface area contributed by atoms with E-state index in [1.54, 1.807) is 0 Å². The van der Waals surface area contributed by atoms with Crippen LogP contribution in [-0.4, -0.2) is 22.6 Å². The van der Waals surface area contributed by atoms with Gasteiger partial charge in [-0.2, -0.15) is 0 Å². The van der Waals surface area contributed by atoms with Crippen molar-refractivity contribution in [3.05, 3.63) is 5.01 Å². The number of hydrogen-bond acceptors (Lipinski definition) is 5. The number of nitrogens with two attached hydrogens (primary N) is 1. The Hall–Kier alpha value is -1.17. The minimum Gasteiger partial charge on any atom is -0.374 e. The van der Waals surface area contributed by atoms with Crippen molar-refractivity contribution in [2.24, 2.45) is 5.41 Å². The molecular weight excluding hydrogens is 236 g/mol. The van der Waals surface area contributed by atoms with E-state index >= 15 is 0 Å². The Balaban J connectivity index is 1.91. The molecule has 0 aliphatic heterocycles. The van der Waals surface area contributed by atoms with Crippen LogP contribution in [0.5, 0.6) is 0 Å². The van der Waals surface area contributed by atoms with Gasteiger partial charge in [0.1, 0.15) is 0 Å². The van der Waals surface area contributed by atoms with Gasteiger partial charge in [-0.15, -0.1) is 10.2 Å². The first-order chi connectivity index (χ1) is 8.15. The molecule has 1 saturated carbocycles. The van der Waals surface area contributed by atoms with Crippen molar-refractivity contribution in [1.29, 1.82) is 0 Å². The minimum absolute atomic E-state index is 0.154. The number of nitrogen functional groups attached to an aromatic ring is 1. The number of aromatic nitrogens is 2. The summed E-state index contributed by atoms with van der Waals surface area (Å²) >= 11 is 1.13. The fourth-order valence-electron chi connectivity index (χ4n) is 2.45. The standard InChI is InChI=1S/C11H18N4OS/c1-2-11(5-3-4-6-11)7-13-8(16)9-14-15-10(12)17-9/h2-7H2,1H3,(H2,12,15)(H,13,16). The topological polar surface area (TPSA) is 80.9 Å². The average molecular weight is 254 g/mol. The molecule has 3 N–H and O–H groups in total. The second-order valence-corrected chi connectivity index (χ2v) is 5.70. The number of anilines is 1. The molecule has 0 saturated heterocycles. The van der Waals surface area contributed by atoms with Gasteiger partial charge in [-0.3, -0.25) is 4.79 Å². The van der Waals surface area contributed by atoms with Crippen molar-refractivity contribution in [2.75, 3.05) is 12.3 Å². The van der Waals surface area contributed by atoms with Gasteiger partial charge in [0.15, 0.2) is 0 Å². The number of nitrogens with zero attached hydrogens (tertiary/aromatic N) is 2. The van der Waals surface area contributed by atoms with Gasteiger partial charge in [0.2, 0.25) is 10.1 Å². The van der Waals surface area contributed by atoms with Crippen molar-refractivity contribution in [3.63, 3.8) is 0 Å². The predicted molar refractivity (Wildman–Crippen MR) is 67.8 cm³/mol. The number of amides is 1. The Bertz CT molecular complexity index is 398. The normalized spacial score (nSPS) is 18.2. The number of nitrogens with one attached hydrogen (secondary N) is 1. The Morgan fingerprint density at radius 1 is 1.47 bits per heavy atom. The molecule has 2 rings (SSSR count). The Morgan fingerprint density at radius 3 is 2.71 bits per heavy atom. The van der Waals surface area contributed by atoms with Gasteiger partial charge >= 0.3 is 0 Å². The quantitative estimate of drug-likeness (QED) is 0.858. The molecule has 17 heavy (non-hydrogen) atoms. The maximum absolute atomic E-state index is 11.8. The molecule has 1 fully saturated rings. The number of hydrogen-bond donors (Lipinski definition) is 2. The zero-order valence-corrected chi connectivity index (χ0v) is 10.8. The molecule has 0 spiro atoms. The first-order valence-electron chi connectivity index (χ1n) is 6.02. The van der Waals surface area contributed by atoms with Gasteiger partial charge in [-0.25, -0.2) is 0 Å². The summed E-state index contributed by atoms with van der Waals surface area (Å²) in [5.41, 5.74) is 5.75. The minimum atomic E-state index is -0.154. The van der Waals surface area contributed by atoms with E-state index in [0.717, 1.165) is 24.3 Å². The third kappa shape index (κ3) is 2.74. The van der Waals surface area contributed by atoms with Gasteiger partial charge < -0.3 is 11.1 Å². The first kappa shape index (κ1) is 12.3. The molecule has 1 aliphatic rings. The van der Waals surface area contributed by atoms with Gasteiger partial charge in [-0.1, -0.05) is 31.1 Å². The highest BCUT2D eigenvalue weighted by atomic mass is 32.1. The summed E-state index contributed by atoms with van der Waals surface area (Å²) in [6, 6.07) is 0. The molecule has 1 aliphatic carbocycles. The van der Waals surface area contributed by atoms with Crippen molar-refractivity contribution < 1.29 is 4.79 Å². The molecule has 0 aromatic carbocycles. The van der Waals surface area contributed by atoms with Gasteiger partial charge in [-0.05, 0) is 24.7 Å². The first-order valence-corrected chi connectivity index (χ1v) is 6.84. The van der Waals surface area contributed by atoms with Gasteiger partial charge in [0.25, 0.3) is 5.91 Å². The smallest absolute Gasteiger partial charge is 0.282 e. The van der Waals surface area contributed by atoms with Crippen LogP contribution in [0.25, 0.3) is 0 Å². The SMILES string of the molecule is CCC1(CNC(=O)c2nnc(N)s2)CCCC1. The second kappa shape index (κ2) is 5.00. The molecule has 0 radical (unpaired) electrons. The van der Waals surface area contributed by atoms with E-state index < -0.39 is 0 Å². The lowest BCUT2D eigenvalue weighted by Crippen LogP contribution is -2.35. The van der Waals surface area contributed by atoms with Crippen LogP contribution >= 0.6 is 11.3 Å². The molecule has 0 bridgehead atoms. The molecule has 1 aromatic rings. The molecule has 5 nitrogen and oxygen atoms in total. The van der Waals surface area contributed by atoms with Crippen LogP contribution < -0.4 is 11.1 Å². The van der Waals surface area contributed by atoms with Crippen LogP contribution in [0.1, 0.15) is 48.8 Å². The van der Waals surface area contributed by atoms with E-state index in [2.05, 4.69) is 22.4 Å². The molecule has 94 valence electrons. The highest BCUT2D eigenvalue weighted by Gasteiger charge is 2.32. The molecule has 0 unspecified atom stereocenters. The van der Waals surface area contributed by atoms with Crippen molar-refractivity contribution in [2.45, 2.75) is 39.0 Å². The van der Waals surface area contributed by atoms with Crippen molar-refractivity contribution in [3.8, 4) is 0 Å². The third-order valence-corrected chi connectivity index (χ3v) is 4.42. The van der Waals surface area contributed by atoms with Crippen molar-refractivity contribution >= 4 is 22.4 Å². The summed E-state index contributed by atoms with van der Waals surface area (Å²) in [5.74, 6) is -0.154. The fraction of sp³-hybridized carbons (Fsp3) is 0.727. The maximum atomic E-state index is 11.8. The van der Waals surface area contributed by atoms with Gasteiger partial charge in [0, 0.05) is 6.54 Å². The van der Waals surface area contributed by atoms with E-state index in [0.29, 0.717) is 15.6 Å². The monoisotopic (exact) mass is 254 g/mol. The number of carbonyl (C=O) groups excluding carboxylic acids is 1. The lowest BCUT2D eigenvalue weighted by Gasteiger charge is -2.27. The van der Waals surface area contributed by atoms with Gasteiger partial charge in [0.05, 0.1) is 0 Å².